The first kappa shape index (κ1) is 16.5. The minimum absolute atomic E-state index is 0. The van der Waals surface area contributed by atoms with Crippen LogP contribution in [0.1, 0.15) is 24.1 Å². The van der Waals surface area contributed by atoms with Gasteiger partial charge < -0.3 is 10.2 Å². The molecule has 108 valence electrons. The Balaban J connectivity index is 0.00000180. The van der Waals surface area contributed by atoms with Crippen LogP contribution in [0, 0.1) is 5.92 Å². The van der Waals surface area contributed by atoms with Crippen LogP contribution in [0.2, 0.25) is 0 Å². The minimum atomic E-state index is 0. The van der Waals surface area contributed by atoms with E-state index in [2.05, 4.69) is 22.8 Å². The summed E-state index contributed by atoms with van der Waals surface area (Å²) in [6.45, 7) is 3.04. The van der Waals surface area contributed by atoms with Gasteiger partial charge in [-0.15, -0.1) is 23.7 Å². The highest BCUT2D eigenvalue weighted by atomic mass is 35.5. The average Bonchev–Trinajstić information content (AvgIpc) is 3.05. The van der Waals surface area contributed by atoms with E-state index in [0.717, 1.165) is 32.5 Å². The van der Waals surface area contributed by atoms with Crippen LogP contribution < -0.4 is 5.32 Å². The van der Waals surface area contributed by atoms with Gasteiger partial charge in [0.1, 0.15) is 0 Å². The summed E-state index contributed by atoms with van der Waals surface area (Å²) in [6.07, 6.45) is 3.94. The molecule has 1 atom stereocenters. The van der Waals surface area contributed by atoms with Gasteiger partial charge >= 0.3 is 0 Å². The van der Waals surface area contributed by atoms with Gasteiger partial charge in [-0.3, -0.25) is 4.79 Å². The Bertz CT molecular complexity index is 364. The molecule has 3 nitrogen and oxygen atoms in total. The first-order valence-corrected chi connectivity index (χ1v) is 7.60. The molecule has 1 aromatic heterocycles. The number of amides is 1. The van der Waals surface area contributed by atoms with Crippen LogP contribution in [0.15, 0.2) is 17.5 Å². The highest BCUT2D eigenvalue weighted by Crippen LogP contribution is 2.15. The Morgan fingerprint density at radius 3 is 3.05 bits per heavy atom. The van der Waals surface area contributed by atoms with Crippen LogP contribution in [-0.4, -0.2) is 37.5 Å². The molecule has 0 saturated carbocycles. The van der Waals surface area contributed by atoms with Crippen molar-refractivity contribution in [2.24, 2.45) is 5.92 Å². The molecule has 2 rings (SSSR count). The van der Waals surface area contributed by atoms with Crippen molar-refractivity contribution in [3.8, 4) is 0 Å². The maximum Gasteiger partial charge on any atom is 0.222 e. The van der Waals surface area contributed by atoms with E-state index < -0.39 is 0 Å². The number of thiophene rings is 1. The molecule has 1 unspecified atom stereocenters. The van der Waals surface area contributed by atoms with Gasteiger partial charge in [0.15, 0.2) is 0 Å². The fraction of sp³-hybridized carbons (Fsp3) is 0.643. The van der Waals surface area contributed by atoms with E-state index in [9.17, 15) is 4.79 Å². The third kappa shape index (κ3) is 5.51. The normalized spacial score (nSPS) is 18.1. The van der Waals surface area contributed by atoms with Crippen LogP contribution in [0.4, 0.5) is 0 Å². The van der Waals surface area contributed by atoms with Crippen molar-refractivity contribution in [1.29, 1.82) is 0 Å². The van der Waals surface area contributed by atoms with Crippen LogP contribution in [-0.2, 0) is 11.2 Å². The molecule has 2 heterocycles. The number of carbonyl (C=O) groups is 1. The zero-order valence-electron chi connectivity index (χ0n) is 11.4. The third-order valence-electron chi connectivity index (χ3n) is 3.63. The van der Waals surface area contributed by atoms with Crippen LogP contribution in [0.5, 0.6) is 0 Å². The van der Waals surface area contributed by atoms with Gasteiger partial charge in [-0.25, -0.2) is 0 Å². The maximum absolute atomic E-state index is 12.0. The van der Waals surface area contributed by atoms with Crippen molar-refractivity contribution in [2.45, 2.75) is 25.7 Å². The molecule has 0 radical (unpaired) electrons. The predicted octanol–water partition coefficient (Wildman–Crippen LogP) is 2.56. The summed E-state index contributed by atoms with van der Waals surface area (Å²) in [4.78, 5) is 15.2. The van der Waals surface area contributed by atoms with Crippen molar-refractivity contribution in [1.82, 2.24) is 10.2 Å². The second-order valence-corrected chi connectivity index (χ2v) is 6.07. The van der Waals surface area contributed by atoms with Gasteiger partial charge in [0, 0.05) is 24.9 Å². The van der Waals surface area contributed by atoms with Crippen molar-refractivity contribution in [2.75, 3.05) is 26.7 Å². The third-order valence-corrected chi connectivity index (χ3v) is 4.56. The summed E-state index contributed by atoms with van der Waals surface area (Å²) in [6, 6.07) is 4.20. The van der Waals surface area contributed by atoms with E-state index in [-0.39, 0.29) is 12.4 Å². The number of nitrogens with one attached hydrogen (secondary N) is 1. The van der Waals surface area contributed by atoms with Gasteiger partial charge in [-0.2, -0.15) is 0 Å². The van der Waals surface area contributed by atoms with E-state index in [1.54, 1.807) is 11.3 Å². The standard InChI is InChI=1S/C14H22N2OS.ClH/c1-16(9-7-13-3-2-10-18-13)14(17)5-4-12-6-8-15-11-12;/h2-3,10,12,15H,4-9,11H2,1H3;1H. The quantitative estimate of drug-likeness (QED) is 0.876. The summed E-state index contributed by atoms with van der Waals surface area (Å²) in [5, 5.41) is 5.43. The van der Waals surface area contributed by atoms with Crippen molar-refractivity contribution < 1.29 is 4.79 Å². The van der Waals surface area contributed by atoms with E-state index >= 15 is 0 Å². The van der Waals surface area contributed by atoms with E-state index in [0.29, 0.717) is 18.2 Å². The number of nitrogens with zero attached hydrogens (tertiary/aromatic N) is 1. The summed E-state index contributed by atoms with van der Waals surface area (Å²) in [5.41, 5.74) is 0. The van der Waals surface area contributed by atoms with Gasteiger partial charge in [0.25, 0.3) is 0 Å². The van der Waals surface area contributed by atoms with E-state index in [4.69, 9.17) is 0 Å². The Labute approximate surface area is 125 Å². The minimum Gasteiger partial charge on any atom is -0.345 e. The summed E-state index contributed by atoms with van der Waals surface area (Å²) in [7, 11) is 1.92. The molecular formula is C14H23ClN2OS. The molecule has 1 N–H and O–H groups in total. The SMILES string of the molecule is CN(CCc1cccs1)C(=O)CCC1CCNC1.Cl. The first-order chi connectivity index (χ1) is 8.75. The molecule has 0 aliphatic carbocycles. The number of hydrogen-bond donors (Lipinski definition) is 1. The smallest absolute Gasteiger partial charge is 0.222 e. The summed E-state index contributed by atoms with van der Waals surface area (Å²) >= 11 is 1.76. The molecule has 1 saturated heterocycles. The van der Waals surface area contributed by atoms with Gasteiger partial charge in [0.05, 0.1) is 0 Å². The Morgan fingerprint density at radius 1 is 1.58 bits per heavy atom. The van der Waals surface area contributed by atoms with Crippen molar-refractivity contribution in [3.63, 3.8) is 0 Å². The molecule has 1 amide bonds. The molecule has 1 aromatic rings. The number of carbonyl (C=O) groups excluding carboxylic acids is 1. The number of hydrogen-bond acceptors (Lipinski definition) is 3. The molecule has 1 aliphatic heterocycles. The average molecular weight is 303 g/mol. The maximum atomic E-state index is 12.0. The molecule has 0 spiro atoms. The zero-order valence-corrected chi connectivity index (χ0v) is 13.1. The van der Waals surface area contributed by atoms with Crippen LogP contribution in [0.25, 0.3) is 0 Å². The number of halogens is 1. The second kappa shape index (κ2) is 8.56. The van der Waals surface area contributed by atoms with Gasteiger partial charge in [-0.05, 0) is 49.7 Å². The van der Waals surface area contributed by atoms with Crippen LogP contribution in [0.3, 0.4) is 0 Å². The highest BCUT2D eigenvalue weighted by Gasteiger charge is 2.17. The Kier molecular flexibility index (Phi) is 7.42. The fourth-order valence-corrected chi connectivity index (χ4v) is 3.03. The fourth-order valence-electron chi connectivity index (χ4n) is 2.34. The van der Waals surface area contributed by atoms with Crippen molar-refractivity contribution >= 4 is 29.7 Å². The monoisotopic (exact) mass is 302 g/mol. The lowest BCUT2D eigenvalue weighted by Crippen LogP contribution is -2.29. The first-order valence-electron chi connectivity index (χ1n) is 6.73. The van der Waals surface area contributed by atoms with E-state index in [1.807, 2.05) is 11.9 Å². The molecule has 1 fully saturated rings. The number of rotatable bonds is 6. The molecular weight excluding hydrogens is 280 g/mol. The largest absolute Gasteiger partial charge is 0.345 e. The Morgan fingerprint density at radius 2 is 2.42 bits per heavy atom. The topological polar surface area (TPSA) is 32.3 Å². The van der Waals surface area contributed by atoms with Gasteiger partial charge in [0.2, 0.25) is 5.91 Å². The lowest BCUT2D eigenvalue weighted by molar-refractivity contribution is -0.130. The van der Waals surface area contributed by atoms with Crippen LogP contribution >= 0.6 is 23.7 Å². The molecule has 5 heteroatoms. The molecule has 1 aliphatic rings. The summed E-state index contributed by atoms with van der Waals surface area (Å²) < 4.78 is 0. The second-order valence-electron chi connectivity index (χ2n) is 5.04. The zero-order chi connectivity index (χ0) is 12.8. The molecule has 0 aromatic carbocycles. The molecule has 19 heavy (non-hydrogen) atoms. The van der Waals surface area contributed by atoms with Gasteiger partial charge in [-0.1, -0.05) is 6.07 Å². The number of likely N-dealkylation sites (N-methyl/N-ethyl adjacent to an activating group) is 1. The summed E-state index contributed by atoms with van der Waals surface area (Å²) in [5.74, 6) is 0.998. The highest BCUT2D eigenvalue weighted by molar-refractivity contribution is 7.09. The van der Waals surface area contributed by atoms with Crippen molar-refractivity contribution in [3.05, 3.63) is 22.4 Å². The molecule has 0 bridgehead atoms. The lowest BCUT2D eigenvalue weighted by Gasteiger charge is -2.17. The van der Waals surface area contributed by atoms with E-state index in [1.165, 1.54) is 11.3 Å². The lowest BCUT2D eigenvalue weighted by atomic mass is 10.0. The Hall–Kier alpha value is -0.580. The predicted molar refractivity (Wildman–Crippen MR) is 83.1 cm³/mol.